The fourth-order valence-electron chi connectivity index (χ4n) is 3.51. The van der Waals surface area contributed by atoms with Crippen LogP contribution in [0.15, 0.2) is 41.6 Å². The Hall–Kier alpha value is -1.70. The molecule has 2 heterocycles. The molecule has 3 rings (SSSR count). The Labute approximate surface area is 156 Å². The van der Waals surface area contributed by atoms with Crippen molar-refractivity contribution in [3.8, 4) is 0 Å². The third-order valence-corrected chi connectivity index (χ3v) is 6.35. The first kappa shape index (κ1) is 19.1. The molecule has 1 fully saturated rings. The van der Waals surface area contributed by atoms with E-state index in [1.807, 2.05) is 13.0 Å². The van der Waals surface area contributed by atoms with Crippen molar-refractivity contribution in [1.29, 1.82) is 0 Å². The minimum Gasteiger partial charge on any atom is -0.332 e. The summed E-state index contributed by atoms with van der Waals surface area (Å²) in [6.07, 6.45) is 6.45. The molecular formula is C19H28N4O2S. The number of hydrogen-bond acceptors (Lipinski definition) is 4. The molecule has 1 aliphatic rings. The van der Waals surface area contributed by atoms with Crippen LogP contribution in [0.3, 0.4) is 0 Å². The van der Waals surface area contributed by atoms with E-state index >= 15 is 0 Å². The van der Waals surface area contributed by atoms with Crippen molar-refractivity contribution in [2.75, 3.05) is 13.1 Å². The van der Waals surface area contributed by atoms with Crippen LogP contribution in [0.2, 0.25) is 0 Å². The number of benzene rings is 1. The highest BCUT2D eigenvalue weighted by Crippen LogP contribution is 2.22. The normalized spacial score (nSPS) is 18.9. The number of rotatable bonds is 8. The maximum atomic E-state index is 12.4. The minimum absolute atomic E-state index is 0.152. The van der Waals surface area contributed by atoms with Gasteiger partial charge in [0.15, 0.2) is 5.03 Å². The Morgan fingerprint density at radius 3 is 2.81 bits per heavy atom. The zero-order valence-corrected chi connectivity index (χ0v) is 16.1. The number of likely N-dealkylation sites (tertiary alicyclic amines) is 1. The van der Waals surface area contributed by atoms with Crippen LogP contribution in [0.4, 0.5) is 0 Å². The molecule has 7 heteroatoms. The van der Waals surface area contributed by atoms with E-state index in [2.05, 4.69) is 43.9 Å². The van der Waals surface area contributed by atoms with Crippen molar-refractivity contribution < 1.29 is 8.42 Å². The first-order valence-corrected chi connectivity index (χ1v) is 10.9. The van der Waals surface area contributed by atoms with E-state index in [4.69, 9.17) is 0 Å². The quantitative estimate of drug-likeness (QED) is 0.742. The van der Waals surface area contributed by atoms with E-state index in [1.165, 1.54) is 24.6 Å². The average Bonchev–Trinajstić information content (AvgIpc) is 3.14. The highest BCUT2D eigenvalue weighted by atomic mass is 32.2. The van der Waals surface area contributed by atoms with E-state index in [0.717, 1.165) is 25.9 Å². The van der Waals surface area contributed by atoms with Crippen LogP contribution >= 0.6 is 0 Å². The molecule has 6 nitrogen and oxygen atoms in total. The Bertz CT molecular complexity index is 789. The predicted octanol–water partition coefficient (Wildman–Crippen LogP) is 2.70. The second-order valence-corrected chi connectivity index (χ2v) is 8.58. The van der Waals surface area contributed by atoms with Crippen LogP contribution in [0.25, 0.3) is 0 Å². The minimum atomic E-state index is -3.51. The van der Waals surface area contributed by atoms with Crippen LogP contribution in [-0.2, 0) is 23.0 Å². The van der Waals surface area contributed by atoms with Crippen LogP contribution in [0.1, 0.15) is 44.0 Å². The van der Waals surface area contributed by atoms with Gasteiger partial charge < -0.3 is 4.98 Å². The van der Waals surface area contributed by atoms with Gasteiger partial charge in [-0.25, -0.2) is 18.1 Å². The number of aromatic nitrogens is 2. The molecule has 1 aliphatic heterocycles. The summed E-state index contributed by atoms with van der Waals surface area (Å²) in [5, 5.41) is 0.152. The summed E-state index contributed by atoms with van der Waals surface area (Å²) in [4.78, 5) is 9.42. The number of aryl methyl sites for hydroxylation is 1. The van der Waals surface area contributed by atoms with Crippen LogP contribution < -0.4 is 4.72 Å². The maximum Gasteiger partial charge on any atom is 0.257 e. The van der Waals surface area contributed by atoms with Gasteiger partial charge in [-0.15, -0.1) is 0 Å². The molecule has 142 valence electrons. The maximum absolute atomic E-state index is 12.4. The summed E-state index contributed by atoms with van der Waals surface area (Å²) in [5.74, 6) is 0.687. The fourth-order valence-corrected chi connectivity index (χ4v) is 4.50. The predicted molar refractivity (Wildman–Crippen MR) is 102 cm³/mol. The number of nitrogens with zero attached hydrogens (tertiary/aromatic N) is 2. The van der Waals surface area contributed by atoms with Gasteiger partial charge in [0.2, 0.25) is 0 Å². The highest BCUT2D eigenvalue weighted by Gasteiger charge is 2.23. The number of sulfonamides is 1. The highest BCUT2D eigenvalue weighted by molar-refractivity contribution is 7.89. The second kappa shape index (κ2) is 8.79. The molecule has 1 atom stereocenters. The van der Waals surface area contributed by atoms with Gasteiger partial charge >= 0.3 is 0 Å². The summed E-state index contributed by atoms with van der Waals surface area (Å²) in [6.45, 7) is 4.39. The van der Waals surface area contributed by atoms with Crippen LogP contribution in [-0.4, -0.2) is 42.4 Å². The lowest BCUT2D eigenvalue weighted by Crippen LogP contribution is -2.41. The lowest BCUT2D eigenvalue weighted by molar-refractivity contribution is 0.133. The van der Waals surface area contributed by atoms with Gasteiger partial charge in [0, 0.05) is 25.6 Å². The molecule has 0 radical (unpaired) electrons. The molecule has 2 N–H and O–H groups in total. The van der Waals surface area contributed by atoms with Crippen molar-refractivity contribution in [3.63, 3.8) is 0 Å². The standard InChI is InChI=1S/C19H28N4O2S/c1-2-18-20-14-19(22-18)26(24,25)21-12-11-17-10-6-7-13-23(17)15-16-8-4-3-5-9-16/h3-5,8-9,14,17,21H,2,6-7,10-13,15H2,1H3,(H,20,22)/t17-/m1/s1. The topological polar surface area (TPSA) is 78.1 Å². The molecule has 0 unspecified atom stereocenters. The Kier molecular flexibility index (Phi) is 6.45. The number of aromatic amines is 1. The fraction of sp³-hybridized carbons (Fsp3) is 0.526. The average molecular weight is 377 g/mol. The first-order chi connectivity index (χ1) is 12.6. The molecule has 0 spiro atoms. The Morgan fingerprint density at radius 2 is 2.08 bits per heavy atom. The van der Waals surface area contributed by atoms with Gasteiger partial charge in [-0.05, 0) is 31.4 Å². The number of nitrogens with one attached hydrogen (secondary N) is 2. The van der Waals surface area contributed by atoms with E-state index < -0.39 is 10.0 Å². The van der Waals surface area contributed by atoms with Gasteiger partial charge in [0.1, 0.15) is 5.82 Å². The van der Waals surface area contributed by atoms with Crippen molar-refractivity contribution in [2.45, 2.75) is 56.6 Å². The largest absolute Gasteiger partial charge is 0.332 e. The third kappa shape index (κ3) is 4.93. The second-order valence-electron chi connectivity index (χ2n) is 6.84. The Balaban J connectivity index is 1.55. The third-order valence-electron chi connectivity index (χ3n) is 4.98. The van der Waals surface area contributed by atoms with Crippen molar-refractivity contribution in [3.05, 3.63) is 47.9 Å². The zero-order valence-electron chi connectivity index (χ0n) is 15.3. The number of hydrogen-bond donors (Lipinski definition) is 2. The van der Waals surface area contributed by atoms with Gasteiger partial charge in [0.25, 0.3) is 10.0 Å². The summed E-state index contributed by atoms with van der Waals surface area (Å²) in [6, 6.07) is 10.9. The van der Waals surface area contributed by atoms with Crippen molar-refractivity contribution >= 4 is 10.0 Å². The van der Waals surface area contributed by atoms with Gasteiger partial charge in [-0.1, -0.05) is 43.7 Å². The van der Waals surface area contributed by atoms with E-state index in [0.29, 0.717) is 24.8 Å². The summed E-state index contributed by atoms with van der Waals surface area (Å²) >= 11 is 0. The number of H-pyrrole nitrogens is 1. The molecule has 0 amide bonds. The molecule has 0 saturated carbocycles. The van der Waals surface area contributed by atoms with Crippen LogP contribution in [0.5, 0.6) is 0 Å². The lowest BCUT2D eigenvalue weighted by atomic mass is 9.98. The molecule has 2 aromatic rings. The molecule has 0 bridgehead atoms. The van der Waals surface area contributed by atoms with Crippen molar-refractivity contribution in [2.24, 2.45) is 0 Å². The Morgan fingerprint density at radius 1 is 1.27 bits per heavy atom. The van der Waals surface area contributed by atoms with Gasteiger partial charge in [-0.2, -0.15) is 0 Å². The van der Waals surface area contributed by atoms with E-state index in [1.54, 1.807) is 0 Å². The summed E-state index contributed by atoms with van der Waals surface area (Å²) in [5.41, 5.74) is 1.31. The monoisotopic (exact) mass is 376 g/mol. The number of piperidine rings is 1. The molecule has 1 aromatic carbocycles. The molecule has 1 saturated heterocycles. The molecule has 0 aliphatic carbocycles. The molecular weight excluding hydrogens is 348 g/mol. The SMILES string of the molecule is CCc1ncc(S(=O)(=O)NCC[C@H]2CCCCN2Cc2ccccc2)[nH]1. The molecule has 1 aromatic heterocycles. The lowest BCUT2D eigenvalue weighted by Gasteiger charge is -2.36. The number of imidazole rings is 1. The van der Waals surface area contributed by atoms with Crippen LogP contribution in [0, 0.1) is 0 Å². The summed E-state index contributed by atoms with van der Waals surface area (Å²) < 4.78 is 27.5. The first-order valence-electron chi connectivity index (χ1n) is 9.40. The van der Waals surface area contributed by atoms with Gasteiger partial charge in [-0.3, -0.25) is 4.90 Å². The van der Waals surface area contributed by atoms with E-state index in [9.17, 15) is 8.42 Å². The zero-order chi connectivity index (χ0) is 18.4. The summed E-state index contributed by atoms with van der Waals surface area (Å²) in [7, 11) is -3.51. The smallest absolute Gasteiger partial charge is 0.257 e. The molecule has 26 heavy (non-hydrogen) atoms. The van der Waals surface area contributed by atoms with Crippen molar-refractivity contribution in [1.82, 2.24) is 19.6 Å². The van der Waals surface area contributed by atoms with E-state index in [-0.39, 0.29) is 5.03 Å². The van der Waals surface area contributed by atoms with Gasteiger partial charge in [0.05, 0.1) is 6.20 Å².